The van der Waals surface area contributed by atoms with Crippen LogP contribution in [0.3, 0.4) is 0 Å². The monoisotopic (exact) mass is 196 g/mol. The van der Waals surface area contributed by atoms with E-state index < -0.39 is 0 Å². The number of ether oxygens (including phenoxy) is 1. The molecule has 0 bridgehead atoms. The molecule has 0 atom stereocenters. The highest BCUT2D eigenvalue weighted by molar-refractivity contribution is 5.89. The van der Waals surface area contributed by atoms with Crippen molar-refractivity contribution in [3.63, 3.8) is 0 Å². The molecule has 4 heteroatoms. The van der Waals surface area contributed by atoms with Gasteiger partial charge in [-0.1, -0.05) is 6.92 Å². The van der Waals surface area contributed by atoms with E-state index in [1.165, 1.54) is 0 Å². The minimum Gasteiger partial charge on any atom is -0.461 e. The smallest absolute Gasteiger partial charge is 0.356 e. The van der Waals surface area contributed by atoms with Gasteiger partial charge in [0, 0.05) is 12.6 Å². The summed E-state index contributed by atoms with van der Waals surface area (Å²) >= 11 is 0. The zero-order valence-corrected chi connectivity index (χ0v) is 9.13. The molecule has 0 saturated carbocycles. The first-order valence-electron chi connectivity index (χ1n) is 4.75. The van der Waals surface area contributed by atoms with Crippen molar-refractivity contribution in [3.8, 4) is 0 Å². The standard InChI is InChI=1S/C10H16N2O2/c1-5-6-14-10(13)9-7(2)8(3)11-12(9)4/h5-6H2,1-4H3. The number of carbonyl (C=O) groups excluding carboxylic acids is 1. The average Bonchev–Trinajstić information content (AvgIpc) is 2.38. The third-order valence-electron chi connectivity index (χ3n) is 2.15. The van der Waals surface area contributed by atoms with Gasteiger partial charge in [-0.3, -0.25) is 4.68 Å². The minimum atomic E-state index is -0.285. The highest BCUT2D eigenvalue weighted by atomic mass is 16.5. The molecule has 0 fully saturated rings. The summed E-state index contributed by atoms with van der Waals surface area (Å²) in [6, 6.07) is 0. The molecular formula is C10H16N2O2. The molecule has 14 heavy (non-hydrogen) atoms. The van der Waals surface area contributed by atoms with Gasteiger partial charge in [-0.25, -0.2) is 4.79 Å². The molecule has 4 nitrogen and oxygen atoms in total. The van der Waals surface area contributed by atoms with E-state index in [0.29, 0.717) is 12.3 Å². The van der Waals surface area contributed by atoms with Gasteiger partial charge in [0.15, 0.2) is 0 Å². The molecule has 0 unspecified atom stereocenters. The SMILES string of the molecule is CCCOC(=O)c1c(C)c(C)nn1C. The third kappa shape index (κ3) is 1.95. The quantitative estimate of drug-likeness (QED) is 0.690. The highest BCUT2D eigenvalue weighted by Gasteiger charge is 2.17. The molecule has 0 aliphatic carbocycles. The Bertz CT molecular complexity index is 342. The van der Waals surface area contributed by atoms with Gasteiger partial charge < -0.3 is 4.74 Å². The minimum absolute atomic E-state index is 0.285. The predicted octanol–water partition coefficient (Wildman–Crippen LogP) is 1.60. The van der Waals surface area contributed by atoms with E-state index >= 15 is 0 Å². The van der Waals surface area contributed by atoms with Gasteiger partial charge in [0.2, 0.25) is 0 Å². The topological polar surface area (TPSA) is 44.1 Å². The Labute approximate surface area is 83.9 Å². The highest BCUT2D eigenvalue weighted by Crippen LogP contribution is 2.12. The molecule has 1 heterocycles. The van der Waals surface area contributed by atoms with Crippen LogP contribution in [0.25, 0.3) is 0 Å². The fraction of sp³-hybridized carbons (Fsp3) is 0.600. The van der Waals surface area contributed by atoms with E-state index in [1.807, 2.05) is 20.8 Å². The molecule has 0 amide bonds. The molecule has 1 rings (SSSR count). The lowest BCUT2D eigenvalue weighted by molar-refractivity contribution is 0.0491. The maximum atomic E-state index is 11.6. The first-order valence-corrected chi connectivity index (χ1v) is 4.75. The summed E-state index contributed by atoms with van der Waals surface area (Å²) in [5.74, 6) is -0.285. The summed E-state index contributed by atoms with van der Waals surface area (Å²) < 4.78 is 6.62. The Morgan fingerprint density at radius 3 is 2.57 bits per heavy atom. The summed E-state index contributed by atoms with van der Waals surface area (Å²) in [5, 5.41) is 4.16. The van der Waals surface area contributed by atoms with Crippen LogP contribution in [0.1, 0.15) is 35.1 Å². The van der Waals surface area contributed by atoms with Crippen LogP contribution in [0, 0.1) is 13.8 Å². The number of hydrogen-bond donors (Lipinski definition) is 0. The van der Waals surface area contributed by atoms with Crippen LogP contribution < -0.4 is 0 Å². The number of carbonyl (C=O) groups is 1. The molecule has 0 aliphatic rings. The van der Waals surface area contributed by atoms with Crippen molar-refractivity contribution in [2.45, 2.75) is 27.2 Å². The van der Waals surface area contributed by atoms with Gasteiger partial charge >= 0.3 is 5.97 Å². The first kappa shape index (κ1) is 10.8. The van der Waals surface area contributed by atoms with Crippen molar-refractivity contribution in [1.82, 2.24) is 9.78 Å². The molecule has 78 valence electrons. The second-order valence-electron chi connectivity index (χ2n) is 3.32. The van der Waals surface area contributed by atoms with Crippen molar-refractivity contribution in [1.29, 1.82) is 0 Å². The third-order valence-corrected chi connectivity index (χ3v) is 2.15. The van der Waals surface area contributed by atoms with E-state index in [9.17, 15) is 4.79 Å². The maximum absolute atomic E-state index is 11.6. The lowest BCUT2D eigenvalue weighted by Gasteiger charge is -2.03. The van der Waals surface area contributed by atoms with Crippen molar-refractivity contribution < 1.29 is 9.53 Å². The van der Waals surface area contributed by atoms with Gasteiger partial charge in [-0.2, -0.15) is 5.10 Å². The van der Waals surface area contributed by atoms with Crippen LogP contribution >= 0.6 is 0 Å². The molecule has 0 aliphatic heterocycles. The number of aromatic nitrogens is 2. The number of aryl methyl sites for hydroxylation is 2. The predicted molar refractivity (Wildman–Crippen MR) is 53.3 cm³/mol. The maximum Gasteiger partial charge on any atom is 0.356 e. The van der Waals surface area contributed by atoms with Crippen molar-refractivity contribution in [2.24, 2.45) is 7.05 Å². The van der Waals surface area contributed by atoms with Gasteiger partial charge in [0.1, 0.15) is 5.69 Å². The average molecular weight is 196 g/mol. The Morgan fingerprint density at radius 2 is 2.14 bits per heavy atom. The lowest BCUT2D eigenvalue weighted by Crippen LogP contribution is -2.12. The van der Waals surface area contributed by atoms with E-state index in [0.717, 1.165) is 17.7 Å². The Kier molecular flexibility index (Phi) is 3.28. The van der Waals surface area contributed by atoms with E-state index in [4.69, 9.17) is 4.74 Å². The summed E-state index contributed by atoms with van der Waals surface area (Å²) in [6.45, 7) is 6.19. The number of nitrogens with zero attached hydrogens (tertiary/aromatic N) is 2. The lowest BCUT2D eigenvalue weighted by atomic mass is 10.2. The zero-order chi connectivity index (χ0) is 10.7. The molecule has 0 saturated heterocycles. The van der Waals surface area contributed by atoms with Gasteiger partial charge in [-0.15, -0.1) is 0 Å². The second kappa shape index (κ2) is 4.26. The fourth-order valence-corrected chi connectivity index (χ4v) is 1.31. The number of rotatable bonds is 3. The van der Waals surface area contributed by atoms with Crippen LogP contribution in [0.15, 0.2) is 0 Å². The first-order chi connectivity index (χ1) is 6.57. The zero-order valence-electron chi connectivity index (χ0n) is 9.13. The van der Waals surface area contributed by atoms with E-state index in [2.05, 4.69) is 5.10 Å². The van der Waals surface area contributed by atoms with Crippen LogP contribution in [-0.4, -0.2) is 22.4 Å². The molecule has 0 radical (unpaired) electrons. The second-order valence-corrected chi connectivity index (χ2v) is 3.32. The molecule has 0 spiro atoms. The van der Waals surface area contributed by atoms with E-state index in [-0.39, 0.29) is 5.97 Å². The molecule has 0 aromatic carbocycles. The van der Waals surface area contributed by atoms with E-state index in [1.54, 1.807) is 11.7 Å². The van der Waals surface area contributed by atoms with Gasteiger partial charge in [-0.05, 0) is 20.3 Å². The normalized spacial score (nSPS) is 10.3. The van der Waals surface area contributed by atoms with Crippen LogP contribution in [0.4, 0.5) is 0 Å². The summed E-state index contributed by atoms with van der Waals surface area (Å²) in [5.41, 5.74) is 2.32. The summed E-state index contributed by atoms with van der Waals surface area (Å²) in [7, 11) is 1.75. The van der Waals surface area contributed by atoms with Gasteiger partial charge in [0.25, 0.3) is 0 Å². The largest absolute Gasteiger partial charge is 0.461 e. The van der Waals surface area contributed by atoms with Gasteiger partial charge in [0.05, 0.1) is 12.3 Å². The van der Waals surface area contributed by atoms with Crippen molar-refractivity contribution >= 4 is 5.97 Å². The summed E-state index contributed by atoms with van der Waals surface area (Å²) in [4.78, 5) is 11.6. The Morgan fingerprint density at radius 1 is 1.50 bits per heavy atom. The number of esters is 1. The molecule has 0 N–H and O–H groups in total. The fourth-order valence-electron chi connectivity index (χ4n) is 1.31. The molecule has 1 aromatic heterocycles. The molecule has 1 aromatic rings. The summed E-state index contributed by atoms with van der Waals surface area (Å²) in [6.07, 6.45) is 0.835. The van der Waals surface area contributed by atoms with Crippen LogP contribution in [0.5, 0.6) is 0 Å². The van der Waals surface area contributed by atoms with Crippen molar-refractivity contribution in [3.05, 3.63) is 17.0 Å². The van der Waals surface area contributed by atoms with Crippen LogP contribution in [-0.2, 0) is 11.8 Å². The Balaban J connectivity index is 2.89. The van der Waals surface area contributed by atoms with Crippen molar-refractivity contribution in [2.75, 3.05) is 6.61 Å². The van der Waals surface area contributed by atoms with Crippen LogP contribution in [0.2, 0.25) is 0 Å². The Hall–Kier alpha value is -1.32. The molecular weight excluding hydrogens is 180 g/mol. The number of hydrogen-bond acceptors (Lipinski definition) is 3.